The maximum atomic E-state index is 10.7. The zero-order valence-electron chi connectivity index (χ0n) is 20.8. The van der Waals surface area contributed by atoms with E-state index in [0.717, 1.165) is 70.6 Å². The molecule has 0 heterocycles. The van der Waals surface area contributed by atoms with Crippen LogP contribution in [0.2, 0.25) is 0 Å². The van der Waals surface area contributed by atoms with E-state index in [9.17, 15) is 9.59 Å². The SMILES string of the molecule is CC.CCCCOc1ccc2cc(C=O)ccc2c1.COc1ccc2cc(C=O)ccc2c1C. The van der Waals surface area contributed by atoms with Gasteiger partial charge in [-0.25, -0.2) is 0 Å². The number of carbonyl (C=O) groups excluding carboxylic acids is 2. The Morgan fingerprint density at radius 1 is 0.765 bits per heavy atom. The van der Waals surface area contributed by atoms with Crippen molar-refractivity contribution in [1.29, 1.82) is 0 Å². The Hall–Kier alpha value is -3.66. The number of ether oxygens (including phenoxy) is 2. The average Bonchev–Trinajstić information content (AvgIpc) is 2.90. The lowest BCUT2D eigenvalue weighted by molar-refractivity contribution is 0.111. The Kier molecular flexibility index (Phi) is 10.8. The Morgan fingerprint density at radius 3 is 2.00 bits per heavy atom. The average molecular weight is 459 g/mol. The van der Waals surface area contributed by atoms with Crippen molar-refractivity contribution >= 4 is 34.1 Å². The second kappa shape index (κ2) is 13.8. The van der Waals surface area contributed by atoms with E-state index in [1.54, 1.807) is 7.11 Å². The molecule has 4 aromatic carbocycles. The van der Waals surface area contributed by atoms with Crippen LogP contribution >= 0.6 is 0 Å². The van der Waals surface area contributed by atoms with Crippen molar-refractivity contribution in [3.63, 3.8) is 0 Å². The number of methoxy groups -OCH3 is 1. The summed E-state index contributed by atoms with van der Waals surface area (Å²) < 4.78 is 10.9. The van der Waals surface area contributed by atoms with Crippen molar-refractivity contribution in [2.45, 2.75) is 40.5 Å². The van der Waals surface area contributed by atoms with Gasteiger partial charge in [-0.2, -0.15) is 0 Å². The van der Waals surface area contributed by atoms with Crippen molar-refractivity contribution < 1.29 is 19.1 Å². The first-order chi connectivity index (χ1) is 16.6. The van der Waals surface area contributed by atoms with Gasteiger partial charge in [-0.15, -0.1) is 0 Å². The predicted molar refractivity (Wildman–Crippen MR) is 142 cm³/mol. The monoisotopic (exact) mass is 458 g/mol. The van der Waals surface area contributed by atoms with Gasteiger partial charge in [0.15, 0.2) is 0 Å². The zero-order chi connectivity index (χ0) is 24.9. The van der Waals surface area contributed by atoms with Crippen molar-refractivity contribution in [3.05, 3.63) is 83.4 Å². The second-order valence-corrected chi connectivity index (χ2v) is 7.58. The quantitative estimate of drug-likeness (QED) is 0.209. The fourth-order valence-electron chi connectivity index (χ4n) is 3.52. The van der Waals surface area contributed by atoms with Gasteiger partial charge in [-0.1, -0.05) is 63.6 Å². The van der Waals surface area contributed by atoms with Crippen LogP contribution in [-0.2, 0) is 0 Å². The number of aryl methyl sites for hydroxylation is 1. The van der Waals surface area contributed by atoms with Crippen LogP contribution in [0.15, 0.2) is 66.7 Å². The number of hydrogen-bond donors (Lipinski definition) is 0. The van der Waals surface area contributed by atoms with Gasteiger partial charge in [-0.05, 0) is 70.8 Å². The highest BCUT2D eigenvalue weighted by molar-refractivity contribution is 5.92. The molecule has 0 N–H and O–H groups in total. The van der Waals surface area contributed by atoms with Gasteiger partial charge in [0.05, 0.1) is 13.7 Å². The number of aldehydes is 2. The standard InChI is InChI=1S/C15H16O2.C13H12O2.C2H6/c1-2-3-8-17-15-7-6-13-9-12(11-16)4-5-14(13)10-15;1-9-12-5-3-10(8-14)7-11(12)4-6-13(9)15-2;1-2/h4-7,9-11H,2-3,8H2,1H3;3-8H,1-2H3;1-2H3. The first-order valence-electron chi connectivity index (χ1n) is 11.7. The summed E-state index contributed by atoms with van der Waals surface area (Å²) in [6.45, 7) is 8.92. The van der Waals surface area contributed by atoms with E-state index in [4.69, 9.17) is 9.47 Å². The molecule has 0 atom stereocenters. The molecule has 0 fully saturated rings. The molecule has 0 spiro atoms. The summed E-state index contributed by atoms with van der Waals surface area (Å²) in [6.07, 6.45) is 3.93. The minimum Gasteiger partial charge on any atom is -0.496 e. The zero-order valence-corrected chi connectivity index (χ0v) is 20.8. The third-order valence-electron chi connectivity index (χ3n) is 5.36. The van der Waals surface area contributed by atoms with E-state index >= 15 is 0 Å². The van der Waals surface area contributed by atoms with Crippen LogP contribution in [-0.4, -0.2) is 26.3 Å². The van der Waals surface area contributed by atoms with E-state index in [1.165, 1.54) is 0 Å². The van der Waals surface area contributed by atoms with E-state index in [2.05, 4.69) is 6.92 Å². The molecule has 0 saturated heterocycles. The molecule has 4 aromatic rings. The van der Waals surface area contributed by atoms with Crippen LogP contribution in [0.4, 0.5) is 0 Å². The van der Waals surface area contributed by atoms with E-state index in [0.29, 0.717) is 11.1 Å². The van der Waals surface area contributed by atoms with Crippen LogP contribution in [0.1, 0.15) is 59.9 Å². The highest BCUT2D eigenvalue weighted by Gasteiger charge is 2.04. The Bertz CT molecular complexity index is 1230. The summed E-state index contributed by atoms with van der Waals surface area (Å²) in [4.78, 5) is 21.3. The molecular formula is C30H34O4. The van der Waals surface area contributed by atoms with Gasteiger partial charge in [0, 0.05) is 11.1 Å². The summed E-state index contributed by atoms with van der Waals surface area (Å²) in [5.74, 6) is 1.77. The third-order valence-corrected chi connectivity index (χ3v) is 5.36. The molecule has 178 valence electrons. The van der Waals surface area contributed by atoms with Crippen LogP contribution in [0.25, 0.3) is 21.5 Å². The number of rotatable bonds is 7. The van der Waals surface area contributed by atoms with Gasteiger partial charge in [0.25, 0.3) is 0 Å². The minimum atomic E-state index is 0.701. The molecular weight excluding hydrogens is 424 g/mol. The molecule has 4 heteroatoms. The highest BCUT2D eigenvalue weighted by atomic mass is 16.5. The molecule has 4 nitrogen and oxygen atoms in total. The van der Waals surface area contributed by atoms with E-state index in [-0.39, 0.29) is 0 Å². The Labute approximate surface area is 202 Å². The fourth-order valence-corrected chi connectivity index (χ4v) is 3.52. The maximum Gasteiger partial charge on any atom is 0.150 e. The molecule has 0 saturated carbocycles. The first kappa shape index (κ1) is 26.6. The summed E-state index contributed by atoms with van der Waals surface area (Å²) in [5, 5.41) is 4.36. The van der Waals surface area contributed by atoms with Gasteiger partial charge >= 0.3 is 0 Å². The fraction of sp³-hybridized carbons (Fsp3) is 0.267. The van der Waals surface area contributed by atoms with Crippen molar-refractivity contribution in [2.24, 2.45) is 0 Å². The molecule has 0 unspecified atom stereocenters. The van der Waals surface area contributed by atoms with E-state index < -0.39 is 0 Å². The van der Waals surface area contributed by atoms with Crippen molar-refractivity contribution in [1.82, 2.24) is 0 Å². The number of benzene rings is 4. The van der Waals surface area contributed by atoms with Gasteiger partial charge in [0.2, 0.25) is 0 Å². The van der Waals surface area contributed by atoms with E-state index in [1.807, 2.05) is 87.5 Å². The largest absolute Gasteiger partial charge is 0.496 e. The summed E-state index contributed by atoms with van der Waals surface area (Å²) in [6, 6.07) is 21.2. The van der Waals surface area contributed by atoms with Crippen LogP contribution < -0.4 is 9.47 Å². The molecule has 0 aliphatic rings. The van der Waals surface area contributed by atoms with Gasteiger partial charge in [-0.3, -0.25) is 9.59 Å². The van der Waals surface area contributed by atoms with Gasteiger partial charge < -0.3 is 9.47 Å². The van der Waals surface area contributed by atoms with Crippen LogP contribution in [0, 0.1) is 6.92 Å². The topological polar surface area (TPSA) is 52.6 Å². The normalized spacial score (nSPS) is 9.91. The summed E-state index contributed by atoms with van der Waals surface area (Å²) in [5.41, 5.74) is 2.51. The predicted octanol–water partition coefficient (Wildman–Crippen LogP) is 7.83. The molecule has 0 aliphatic carbocycles. The molecule has 0 radical (unpaired) electrons. The van der Waals surface area contributed by atoms with Crippen LogP contribution in [0.5, 0.6) is 11.5 Å². The number of fused-ring (bicyclic) bond motifs is 2. The maximum absolute atomic E-state index is 10.7. The molecule has 0 aromatic heterocycles. The Morgan fingerprint density at radius 2 is 1.35 bits per heavy atom. The lowest BCUT2D eigenvalue weighted by atomic mass is 10.0. The van der Waals surface area contributed by atoms with Crippen molar-refractivity contribution in [3.8, 4) is 11.5 Å². The lowest BCUT2D eigenvalue weighted by Crippen LogP contribution is -1.96. The number of unbranched alkanes of at least 4 members (excludes halogenated alkanes) is 1. The summed E-state index contributed by atoms with van der Waals surface area (Å²) >= 11 is 0. The third kappa shape index (κ3) is 6.92. The van der Waals surface area contributed by atoms with Crippen molar-refractivity contribution in [2.75, 3.05) is 13.7 Å². The number of carbonyl (C=O) groups is 2. The molecule has 0 aliphatic heterocycles. The Balaban J connectivity index is 0.000000225. The minimum absolute atomic E-state index is 0.701. The number of hydrogen-bond acceptors (Lipinski definition) is 4. The smallest absolute Gasteiger partial charge is 0.150 e. The van der Waals surface area contributed by atoms with Gasteiger partial charge in [0.1, 0.15) is 24.1 Å². The molecule has 34 heavy (non-hydrogen) atoms. The second-order valence-electron chi connectivity index (χ2n) is 7.58. The highest BCUT2D eigenvalue weighted by Crippen LogP contribution is 2.27. The molecule has 4 rings (SSSR count). The summed E-state index contributed by atoms with van der Waals surface area (Å²) in [7, 11) is 1.66. The lowest BCUT2D eigenvalue weighted by Gasteiger charge is -2.08. The molecule has 0 bridgehead atoms. The van der Waals surface area contributed by atoms with Crippen LogP contribution in [0.3, 0.4) is 0 Å². The first-order valence-corrected chi connectivity index (χ1v) is 11.7. The molecule has 0 amide bonds.